The predicted octanol–water partition coefficient (Wildman–Crippen LogP) is 5.92. The fourth-order valence-corrected chi connectivity index (χ4v) is 3.61. The Morgan fingerprint density at radius 2 is 1.52 bits per heavy atom. The molecule has 0 amide bonds. The largest absolute Gasteiger partial charge is 0.508 e. The Hall–Kier alpha value is -3.33. The van der Waals surface area contributed by atoms with Crippen LogP contribution in [-0.2, 0) is 12.8 Å². The highest BCUT2D eigenvalue weighted by atomic mass is 16.5. The van der Waals surface area contributed by atoms with Gasteiger partial charge in [-0.05, 0) is 59.4 Å². The highest BCUT2D eigenvalue weighted by molar-refractivity contribution is 6.14. The van der Waals surface area contributed by atoms with Crippen molar-refractivity contribution in [1.82, 2.24) is 0 Å². The lowest BCUT2D eigenvalue weighted by Gasteiger charge is -2.28. The van der Waals surface area contributed by atoms with Gasteiger partial charge in [-0.25, -0.2) is 0 Å². The van der Waals surface area contributed by atoms with Gasteiger partial charge in [-0.3, -0.25) is 4.79 Å². The molecule has 1 atom stereocenters. The molecule has 1 aliphatic rings. The van der Waals surface area contributed by atoms with Gasteiger partial charge in [-0.15, -0.1) is 0 Å². The maximum absolute atomic E-state index is 13.3. The standard InChI is InChI=1S/C26H24O3/c1-3-17-5-7-19(8-6-17)15-23-25(28)22-16-21(27)13-14-24(22)29-26(23)20-11-9-18(4-2)10-12-20/h5-16,26-27H,3-4H2,1-2H3. The number of hydrogen-bond acceptors (Lipinski definition) is 3. The number of ketones is 1. The lowest BCUT2D eigenvalue weighted by atomic mass is 9.89. The molecule has 1 aliphatic heterocycles. The predicted molar refractivity (Wildman–Crippen MR) is 115 cm³/mol. The molecule has 1 unspecified atom stereocenters. The average Bonchev–Trinajstić information content (AvgIpc) is 2.76. The number of carbonyl (C=O) groups is 1. The van der Waals surface area contributed by atoms with Gasteiger partial charge in [0.15, 0.2) is 11.9 Å². The Morgan fingerprint density at radius 3 is 2.14 bits per heavy atom. The van der Waals surface area contributed by atoms with Crippen LogP contribution in [0, 0.1) is 0 Å². The van der Waals surface area contributed by atoms with Crippen LogP contribution in [0.1, 0.15) is 52.6 Å². The minimum absolute atomic E-state index is 0.0538. The molecule has 3 aromatic carbocycles. The van der Waals surface area contributed by atoms with Crippen LogP contribution in [0.4, 0.5) is 0 Å². The molecule has 0 fully saturated rings. The summed E-state index contributed by atoms with van der Waals surface area (Å²) in [5.41, 5.74) is 5.33. The van der Waals surface area contributed by atoms with E-state index in [0.717, 1.165) is 24.0 Å². The second-order valence-electron chi connectivity index (χ2n) is 7.30. The van der Waals surface area contributed by atoms with E-state index in [2.05, 4.69) is 38.1 Å². The summed E-state index contributed by atoms with van der Waals surface area (Å²) in [4.78, 5) is 13.3. The molecule has 3 heteroatoms. The Morgan fingerprint density at radius 1 is 0.897 bits per heavy atom. The van der Waals surface area contributed by atoms with Crippen LogP contribution < -0.4 is 4.74 Å². The Bertz CT molecular complexity index is 1060. The average molecular weight is 384 g/mol. The molecule has 0 radical (unpaired) electrons. The summed E-state index contributed by atoms with van der Waals surface area (Å²) in [6, 6.07) is 21.1. The van der Waals surface area contributed by atoms with Gasteiger partial charge in [0, 0.05) is 5.57 Å². The summed E-state index contributed by atoms with van der Waals surface area (Å²) < 4.78 is 6.25. The van der Waals surface area contributed by atoms with Gasteiger partial charge < -0.3 is 9.84 Å². The first-order valence-corrected chi connectivity index (χ1v) is 10.0. The summed E-state index contributed by atoms with van der Waals surface area (Å²) in [5.74, 6) is 0.431. The van der Waals surface area contributed by atoms with E-state index in [4.69, 9.17) is 4.74 Å². The fraction of sp³-hybridized carbons (Fsp3) is 0.192. The Balaban J connectivity index is 1.81. The minimum atomic E-state index is -0.490. The van der Waals surface area contributed by atoms with Gasteiger partial charge in [0.05, 0.1) is 5.56 Å². The molecule has 3 nitrogen and oxygen atoms in total. The summed E-state index contributed by atoms with van der Waals surface area (Å²) in [5, 5.41) is 9.85. The van der Waals surface area contributed by atoms with E-state index < -0.39 is 6.10 Å². The summed E-state index contributed by atoms with van der Waals surface area (Å²) >= 11 is 0. The third kappa shape index (κ3) is 3.81. The van der Waals surface area contributed by atoms with E-state index in [1.807, 2.05) is 30.3 Å². The van der Waals surface area contributed by atoms with E-state index in [1.54, 1.807) is 12.1 Å². The van der Waals surface area contributed by atoms with E-state index in [0.29, 0.717) is 16.9 Å². The number of benzene rings is 3. The number of Topliss-reactive ketones (excluding diaryl/α,β-unsaturated/α-hetero) is 1. The van der Waals surface area contributed by atoms with Gasteiger partial charge in [0.25, 0.3) is 0 Å². The van der Waals surface area contributed by atoms with Crippen LogP contribution in [-0.4, -0.2) is 10.9 Å². The molecule has 0 aliphatic carbocycles. The zero-order valence-corrected chi connectivity index (χ0v) is 16.7. The van der Waals surface area contributed by atoms with Crippen LogP contribution in [0.25, 0.3) is 6.08 Å². The Kier molecular flexibility index (Phi) is 5.22. The monoisotopic (exact) mass is 384 g/mol. The molecule has 0 saturated carbocycles. The van der Waals surface area contributed by atoms with Gasteiger partial charge in [-0.2, -0.15) is 0 Å². The van der Waals surface area contributed by atoms with Gasteiger partial charge in [0.2, 0.25) is 0 Å². The van der Waals surface area contributed by atoms with E-state index in [1.165, 1.54) is 17.2 Å². The topological polar surface area (TPSA) is 46.5 Å². The maximum Gasteiger partial charge on any atom is 0.196 e. The van der Waals surface area contributed by atoms with Crippen LogP contribution >= 0.6 is 0 Å². The van der Waals surface area contributed by atoms with Crippen molar-refractivity contribution in [2.75, 3.05) is 0 Å². The van der Waals surface area contributed by atoms with Gasteiger partial charge in [-0.1, -0.05) is 62.4 Å². The summed E-state index contributed by atoms with van der Waals surface area (Å²) in [7, 11) is 0. The van der Waals surface area contributed by atoms with Crippen molar-refractivity contribution in [3.05, 3.63) is 100 Å². The number of phenols is 1. The third-order valence-corrected chi connectivity index (χ3v) is 5.40. The van der Waals surface area contributed by atoms with E-state index in [-0.39, 0.29) is 11.5 Å². The summed E-state index contributed by atoms with van der Waals surface area (Å²) in [6.45, 7) is 4.23. The van der Waals surface area contributed by atoms with E-state index >= 15 is 0 Å². The normalized spacial score (nSPS) is 17.1. The molecule has 0 aromatic heterocycles. The van der Waals surface area contributed by atoms with E-state index in [9.17, 15) is 9.90 Å². The smallest absolute Gasteiger partial charge is 0.196 e. The third-order valence-electron chi connectivity index (χ3n) is 5.40. The number of hydrogen-bond donors (Lipinski definition) is 1. The number of aromatic hydroxyl groups is 1. The van der Waals surface area contributed by atoms with Crippen molar-refractivity contribution in [1.29, 1.82) is 0 Å². The van der Waals surface area contributed by atoms with Crippen LogP contribution in [0.15, 0.2) is 72.3 Å². The number of aryl methyl sites for hydroxylation is 2. The first kappa shape index (κ1) is 19.0. The van der Waals surface area contributed by atoms with Gasteiger partial charge >= 0.3 is 0 Å². The quantitative estimate of drug-likeness (QED) is 0.568. The van der Waals surface area contributed by atoms with Crippen molar-refractivity contribution in [2.24, 2.45) is 0 Å². The van der Waals surface area contributed by atoms with Crippen molar-refractivity contribution >= 4 is 11.9 Å². The molecule has 1 heterocycles. The summed E-state index contributed by atoms with van der Waals surface area (Å²) in [6.07, 6.45) is 3.33. The molecule has 4 rings (SSSR count). The molecular formula is C26H24O3. The lowest BCUT2D eigenvalue weighted by Crippen LogP contribution is -2.23. The highest BCUT2D eigenvalue weighted by Crippen LogP contribution is 2.40. The molecule has 0 saturated heterocycles. The minimum Gasteiger partial charge on any atom is -0.508 e. The van der Waals surface area contributed by atoms with Crippen LogP contribution in [0.3, 0.4) is 0 Å². The second kappa shape index (κ2) is 7.96. The zero-order chi connectivity index (χ0) is 20.4. The Labute approximate surface area is 171 Å². The number of rotatable bonds is 4. The number of phenolic OH excluding ortho intramolecular Hbond substituents is 1. The number of fused-ring (bicyclic) bond motifs is 1. The fourth-order valence-electron chi connectivity index (χ4n) is 3.61. The van der Waals surface area contributed by atoms with Crippen molar-refractivity contribution in [3.63, 3.8) is 0 Å². The lowest BCUT2D eigenvalue weighted by molar-refractivity contribution is 0.0963. The molecule has 0 spiro atoms. The zero-order valence-electron chi connectivity index (χ0n) is 16.7. The number of carbonyl (C=O) groups excluding carboxylic acids is 1. The first-order chi connectivity index (χ1) is 14.1. The SMILES string of the molecule is CCc1ccc(C=C2C(=O)c3cc(O)ccc3OC2c2ccc(CC)cc2)cc1. The van der Waals surface area contributed by atoms with Gasteiger partial charge in [0.1, 0.15) is 11.5 Å². The second-order valence-corrected chi connectivity index (χ2v) is 7.30. The molecule has 0 bridgehead atoms. The number of ether oxygens (including phenoxy) is 1. The molecule has 29 heavy (non-hydrogen) atoms. The van der Waals surface area contributed by atoms with Crippen molar-refractivity contribution in [2.45, 2.75) is 32.8 Å². The first-order valence-electron chi connectivity index (χ1n) is 10.0. The molecular weight excluding hydrogens is 360 g/mol. The van der Waals surface area contributed by atoms with Crippen molar-refractivity contribution < 1.29 is 14.6 Å². The maximum atomic E-state index is 13.3. The van der Waals surface area contributed by atoms with Crippen LogP contribution in [0.2, 0.25) is 0 Å². The highest BCUT2D eigenvalue weighted by Gasteiger charge is 2.33. The molecule has 3 aromatic rings. The molecule has 1 N–H and O–H groups in total. The van der Waals surface area contributed by atoms with Crippen molar-refractivity contribution in [3.8, 4) is 11.5 Å². The van der Waals surface area contributed by atoms with Crippen LogP contribution in [0.5, 0.6) is 11.5 Å². The molecule has 146 valence electrons.